The van der Waals surface area contributed by atoms with Crippen LogP contribution in [0.2, 0.25) is 0 Å². The zero-order chi connectivity index (χ0) is 13.4. The van der Waals surface area contributed by atoms with E-state index in [9.17, 15) is 13.5 Å². The van der Waals surface area contributed by atoms with E-state index in [1.807, 2.05) is 0 Å². The van der Waals surface area contributed by atoms with E-state index in [4.69, 9.17) is 4.74 Å². The summed E-state index contributed by atoms with van der Waals surface area (Å²) in [6.45, 7) is 3.21. The third-order valence-corrected chi connectivity index (χ3v) is 3.84. The topological polar surface area (TPSA) is 75.6 Å². The monoisotopic (exact) mass is 273 g/mol. The quantitative estimate of drug-likeness (QED) is 0.704. The molecule has 0 aromatic heterocycles. The van der Waals surface area contributed by atoms with Crippen molar-refractivity contribution in [2.75, 3.05) is 19.8 Å². The average molecular weight is 273 g/mol. The summed E-state index contributed by atoms with van der Waals surface area (Å²) in [6.07, 6.45) is 2.01. The van der Waals surface area contributed by atoms with Crippen molar-refractivity contribution in [3.8, 4) is 5.75 Å². The first kappa shape index (κ1) is 14.9. The Labute approximate surface area is 108 Å². The van der Waals surface area contributed by atoms with Gasteiger partial charge in [-0.25, -0.2) is 13.1 Å². The number of phenolic OH excluding ortho intramolecular Hbond substituents is 1. The maximum atomic E-state index is 11.8. The molecule has 0 saturated heterocycles. The maximum absolute atomic E-state index is 11.8. The molecule has 5 nitrogen and oxygen atoms in total. The van der Waals surface area contributed by atoms with Crippen molar-refractivity contribution in [3.63, 3.8) is 0 Å². The van der Waals surface area contributed by atoms with Gasteiger partial charge in [-0.1, -0.05) is 25.5 Å². The Morgan fingerprint density at radius 1 is 1.28 bits per heavy atom. The van der Waals surface area contributed by atoms with Gasteiger partial charge >= 0.3 is 0 Å². The molecule has 0 bridgehead atoms. The van der Waals surface area contributed by atoms with E-state index in [0.717, 1.165) is 12.8 Å². The summed E-state index contributed by atoms with van der Waals surface area (Å²) in [7, 11) is -3.66. The maximum Gasteiger partial charge on any atom is 0.244 e. The van der Waals surface area contributed by atoms with Gasteiger partial charge in [0.15, 0.2) is 0 Å². The summed E-state index contributed by atoms with van der Waals surface area (Å²) >= 11 is 0. The third kappa shape index (κ3) is 4.64. The van der Waals surface area contributed by atoms with E-state index in [1.165, 1.54) is 12.1 Å². The van der Waals surface area contributed by atoms with Crippen LogP contribution in [-0.4, -0.2) is 33.3 Å². The zero-order valence-electron chi connectivity index (χ0n) is 10.4. The number of ether oxygens (including phenoxy) is 1. The lowest BCUT2D eigenvalue weighted by Crippen LogP contribution is -2.27. The van der Waals surface area contributed by atoms with Crippen LogP contribution in [0.5, 0.6) is 5.75 Å². The van der Waals surface area contributed by atoms with Crippen LogP contribution in [0.25, 0.3) is 0 Å². The lowest BCUT2D eigenvalue weighted by Gasteiger charge is -2.08. The minimum Gasteiger partial charge on any atom is -0.507 e. The highest BCUT2D eigenvalue weighted by Crippen LogP contribution is 2.20. The number of aromatic hydroxyl groups is 1. The fourth-order valence-corrected chi connectivity index (χ4v) is 2.47. The molecule has 2 N–H and O–H groups in total. The first-order chi connectivity index (χ1) is 8.58. The molecule has 0 spiro atoms. The predicted molar refractivity (Wildman–Crippen MR) is 69.0 cm³/mol. The molecule has 0 fully saturated rings. The first-order valence-electron chi connectivity index (χ1n) is 5.93. The Kier molecular flexibility index (Phi) is 6.11. The second kappa shape index (κ2) is 7.35. The number of sulfonamides is 1. The Morgan fingerprint density at radius 3 is 2.67 bits per heavy atom. The van der Waals surface area contributed by atoms with E-state index in [2.05, 4.69) is 11.6 Å². The molecule has 1 aromatic rings. The van der Waals surface area contributed by atoms with Crippen LogP contribution >= 0.6 is 0 Å². The van der Waals surface area contributed by atoms with Crippen molar-refractivity contribution in [1.82, 2.24) is 4.72 Å². The molecular formula is C12H19NO4S. The van der Waals surface area contributed by atoms with Crippen molar-refractivity contribution >= 4 is 10.0 Å². The van der Waals surface area contributed by atoms with Gasteiger partial charge in [-0.15, -0.1) is 0 Å². The van der Waals surface area contributed by atoms with Crippen LogP contribution in [0, 0.1) is 0 Å². The molecule has 0 aliphatic heterocycles. The standard InChI is InChI=1S/C12H19NO4S/c1-2-3-9-17-10-8-13-18(15,16)12-7-5-4-6-11(12)14/h4-7,13-14H,2-3,8-10H2,1H3. The summed E-state index contributed by atoms with van der Waals surface area (Å²) in [6, 6.07) is 5.83. The van der Waals surface area contributed by atoms with E-state index in [0.29, 0.717) is 13.2 Å². The molecule has 102 valence electrons. The van der Waals surface area contributed by atoms with Crippen molar-refractivity contribution in [3.05, 3.63) is 24.3 Å². The van der Waals surface area contributed by atoms with Gasteiger partial charge in [-0.05, 0) is 18.6 Å². The second-order valence-corrected chi connectivity index (χ2v) is 5.57. The van der Waals surface area contributed by atoms with E-state index < -0.39 is 10.0 Å². The van der Waals surface area contributed by atoms with Gasteiger partial charge in [0, 0.05) is 13.2 Å². The number of rotatable bonds is 8. The number of benzene rings is 1. The van der Waals surface area contributed by atoms with Crippen LogP contribution < -0.4 is 4.72 Å². The van der Waals surface area contributed by atoms with Gasteiger partial charge < -0.3 is 9.84 Å². The molecule has 18 heavy (non-hydrogen) atoms. The molecule has 0 atom stereocenters. The number of hydrogen-bond acceptors (Lipinski definition) is 4. The molecule has 0 saturated carbocycles. The highest BCUT2D eigenvalue weighted by molar-refractivity contribution is 7.89. The molecule has 0 unspecified atom stereocenters. The zero-order valence-corrected chi connectivity index (χ0v) is 11.2. The van der Waals surface area contributed by atoms with Gasteiger partial charge in [0.1, 0.15) is 10.6 Å². The lowest BCUT2D eigenvalue weighted by molar-refractivity contribution is 0.136. The van der Waals surface area contributed by atoms with Gasteiger partial charge in [0.25, 0.3) is 0 Å². The SMILES string of the molecule is CCCCOCCNS(=O)(=O)c1ccccc1O. The van der Waals surface area contributed by atoms with Crippen molar-refractivity contribution in [1.29, 1.82) is 0 Å². The third-order valence-electron chi connectivity index (χ3n) is 2.34. The van der Waals surface area contributed by atoms with Gasteiger partial charge in [-0.3, -0.25) is 0 Å². The van der Waals surface area contributed by atoms with Crippen molar-refractivity contribution in [2.45, 2.75) is 24.7 Å². The number of phenols is 1. The van der Waals surface area contributed by atoms with Gasteiger partial charge in [0.05, 0.1) is 6.61 Å². The molecule has 1 aromatic carbocycles. The fraction of sp³-hybridized carbons (Fsp3) is 0.500. The van der Waals surface area contributed by atoms with Crippen LogP contribution in [0.4, 0.5) is 0 Å². The van der Waals surface area contributed by atoms with Crippen LogP contribution in [0.1, 0.15) is 19.8 Å². The fourth-order valence-electron chi connectivity index (χ4n) is 1.36. The van der Waals surface area contributed by atoms with E-state index in [1.54, 1.807) is 12.1 Å². The largest absolute Gasteiger partial charge is 0.507 e. The predicted octanol–water partition coefficient (Wildman–Crippen LogP) is 1.49. The summed E-state index contributed by atoms with van der Waals surface area (Å²) in [5.41, 5.74) is 0. The summed E-state index contributed by atoms with van der Waals surface area (Å²) in [5, 5.41) is 9.47. The minimum atomic E-state index is -3.66. The number of nitrogens with one attached hydrogen (secondary N) is 1. The second-order valence-electron chi connectivity index (χ2n) is 3.83. The van der Waals surface area contributed by atoms with Crippen LogP contribution in [0.3, 0.4) is 0 Å². The highest BCUT2D eigenvalue weighted by Gasteiger charge is 2.16. The highest BCUT2D eigenvalue weighted by atomic mass is 32.2. The minimum absolute atomic E-state index is 0.112. The summed E-state index contributed by atoms with van der Waals surface area (Å²) in [4.78, 5) is -0.112. The molecule has 0 radical (unpaired) electrons. The van der Waals surface area contributed by atoms with Crippen molar-refractivity contribution in [2.24, 2.45) is 0 Å². The first-order valence-corrected chi connectivity index (χ1v) is 7.41. The summed E-state index contributed by atoms with van der Waals surface area (Å²) < 4.78 is 31.3. The van der Waals surface area contributed by atoms with Crippen molar-refractivity contribution < 1.29 is 18.3 Å². The number of para-hydroxylation sites is 1. The normalized spacial score (nSPS) is 11.6. The summed E-state index contributed by atoms with van der Waals surface area (Å²) in [5.74, 6) is -0.253. The van der Waals surface area contributed by atoms with Crippen LogP contribution in [-0.2, 0) is 14.8 Å². The van der Waals surface area contributed by atoms with Crippen LogP contribution in [0.15, 0.2) is 29.2 Å². The molecule has 0 heterocycles. The molecule has 6 heteroatoms. The molecular weight excluding hydrogens is 254 g/mol. The Hall–Kier alpha value is -1.11. The average Bonchev–Trinajstić information content (AvgIpc) is 2.34. The Morgan fingerprint density at radius 2 is 2.00 bits per heavy atom. The lowest BCUT2D eigenvalue weighted by atomic mass is 10.3. The molecule has 0 aliphatic rings. The molecule has 0 aliphatic carbocycles. The molecule has 0 amide bonds. The van der Waals surface area contributed by atoms with E-state index >= 15 is 0 Å². The molecule has 1 rings (SSSR count). The smallest absolute Gasteiger partial charge is 0.244 e. The van der Waals surface area contributed by atoms with Gasteiger partial charge in [0.2, 0.25) is 10.0 Å². The van der Waals surface area contributed by atoms with E-state index in [-0.39, 0.29) is 17.2 Å². The Balaban J connectivity index is 2.44. The Bertz CT molecular complexity index is 459. The number of hydrogen-bond donors (Lipinski definition) is 2. The number of unbranched alkanes of at least 4 members (excludes halogenated alkanes) is 1. The van der Waals surface area contributed by atoms with Gasteiger partial charge in [-0.2, -0.15) is 0 Å².